The van der Waals surface area contributed by atoms with E-state index in [9.17, 15) is 5.11 Å². The molecule has 0 saturated carbocycles. The number of para-hydroxylation sites is 1. The van der Waals surface area contributed by atoms with Gasteiger partial charge >= 0.3 is 0 Å². The van der Waals surface area contributed by atoms with E-state index in [0.717, 1.165) is 10.9 Å². The second kappa shape index (κ2) is 7.50. The molecule has 0 spiro atoms. The van der Waals surface area contributed by atoms with Crippen LogP contribution < -0.4 is 16.4 Å². The molecule has 0 fully saturated rings. The van der Waals surface area contributed by atoms with Gasteiger partial charge in [-0.05, 0) is 32.9 Å². The third-order valence-electron chi connectivity index (χ3n) is 3.92. The second-order valence-corrected chi connectivity index (χ2v) is 7.34. The van der Waals surface area contributed by atoms with Gasteiger partial charge in [0.05, 0.1) is 22.2 Å². The fourth-order valence-electron chi connectivity index (χ4n) is 2.60. The molecule has 27 heavy (non-hydrogen) atoms. The molecule has 3 rings (SSSR count). The number of hydrogen-bond donors (Lipinski definition) is 4. The summed E-state index contributed by atoms with van der Waals surface area (Å²) in [6.07, 6.45) is 1.35. The topological polar surface area (TPSA) is 122 Å². The molecular weight excluding hydrogens is 366 g/mol. The van der Waals surface area contributed by atoms with E-state index in [1.807, 2.05) is 25.1 Å². The highest BCUT2D eigenvalue weighted by Gasteiger charge is 2.19. The average molecular weight is 388 g/mol. The molecule has 142 valence electrons. The molecule has 0 bridgehead atoms. The van der Waals surface area contributed by atoms with E-state index in [-0.39, 0.29) is 12.0 Å². The van der Waals surface area contributed by atoms with Crippen LogP contribution in [0.3, 0.4) is 0 Å². The Bertz CT molecular complexity index is 958. The Hall–Kier alpha value is -2.71. The number of halogens is 1. The van der Waals surface area contributed by atoms with Gasteiger partial charge in [-0.25, -0.2) is 15.0 Å². The SMILES string of the molecule is C[C@H](Nc1ncnc(N)n1)c1cc2cccc(Cl)c2nc1NCC(C)(C)O. The van der Waals surface area contributed by atoms with E-state index in [2.05, 4.69) is 30.6 Å². The molecule has 0 aliphatic rings. The number of aliphatic hydroxyl groups is 1. The first-order chi connectivity index (χ1) is 12.7. The lowest BCUT2D eigenvalue weighted by molar-refractivity contribution is 0.0944. The Kier molecular flexibility index (Phi) is 5.29. The first-order valence-corrected chi connectivity index (χ1v) is 8.87. The first-order valence-electron chi connectivity index (χ1n) is 8.49. The lowest BCUT2D eigenvalue weighted by Gasteiger charge is -2.23. The van der Waals surface area contributed by atoms with Crippen molar-refractivity contribution in [3.63, 3.8) is 0 Å². The molecule has 2 heterocycles. The Morgan fingerprint density at radius 2 is 2.04 bits per heavy atom. The molecule has 1 aromatic carbocycles. The summed E-state index contributed by atoms with van der Waals surface area (Å²) in [7, 11) is 0. The molecule has 0 aliphatic carbocycles. The molecule has 5 N–H and O–H groups in total. The molecule has 0 aliphatic heterocycles. The first kappa shape index (κ1) is 19.1. The Labute approximate surface area is 162 Å². The van der Waals surface area contributed by atoms with Gasteiger partial charge in [-0.3, -0.25) is 0 Å². The van der Waals surface area contributed by atoms with Crippen LogP contribution in [0.4, 0.5) is 17.7 Å². The number of nitrogens with one attached hydrogen (secondary N) is 2. The number of anilines is 3. The highest BCUT2D eigenvalue weighted by Crippen LogP contribution is 2.30. The van der Waals surface area contributed by atoms with E-state index in [0.29, 0.717) is 28.9 Å². The maximum Gasteiger partial charge on any atom is 0.227 e. The van der Waals surface area contributed by atoms with Crippen LogP contribution in [-0.2, 0) is 0 Å². The minimum absolute atomic E-state index is 0.142. The predicted molar refractivity (Wildman–Crippen MR) is 108 cm³/mol. The van der Waals surface area contributed by atoms with E-state index in [1.165, 1.54) is 6.33 Å². The van der Waals surface area contributed by atoms with Crippen molar-refractivity contribution in [2.24, 2.45) is 0 Å². The number of pyridine rings is 1. The van der Waals surface area contributed by atoms with Crippen LogP contribution in [-0.4, -0.2) is 37.2 Å². The Morgan fingerprint density at radius 1 is 1.26 bits per heavy atom. The van der Waals surface area contributed by atoms with Crippen LogP contribution in [0.25, 0.3) is 10.9 Å². The smallest absolute Gasteiger partial charge is 0.227 e. The van der Waals surface area contributed by atoms with Crippen molar-refractivity contribution in [1.29, 1.82) is 0 Å². The lowest BCUT2D eigenvalue weighted by atomic mass is 10.1. The van der Waals surface area contributed by atoms with Gasteiger partial charge in [-0.2, -0.15) is 4.98 Å². The molecule has 3 aromatic rings. The number of benzene rings is 1. The minimum Gasteiger partial charge on any atom is -0.389 e. The molecule has 1 atom stereocenters. The molecule has 0 radical (unpaired) electrons. The highest BCUT2D eigenvalue weighted by atomic mass is 35.5. The normalized spacial score (nSPS) is 12.8. The van der Waals surface area contributed by atoms with Crippen LogP contribution in [0.1, 0.15) is 32.4 Å². The van der Waals surface area contributed by atoms with Gasteiger partial charge < -0.3 is 21.5 Å². The summed E-state index contributed by atoms with van der Waals surface area (Å²) >= 11 is 6.30. The summed E-state index contributed by atoms with van der Waals surface area (Å²) in [5.41, 5.74) is 6.30. The number of nitrogens with two attached hydrogens (primary N) is 1. The number of hydrogen-bond acceptors (Lipinski definition) is 8. The Morgan fingerprint density at radius 3 is 2.74 bits per heavy atom. The maximum absolute atomic E-state index is 10.1. The van der Waals surface area contributed by atoms with Crippen LogP contribution in [0, 0.1) is 0 Å². The van der Waals surface area contributed by atoms with Crippen molar-refractivity contribution in [3.05, 3.63) is 41.2 Å². The summed E-state index contributed by atoms with van der Waals surface area (Å²) < 4.78 is 0. The zero-order valence-corrected chi connectivity index (χ0v) is 16.1. The minimum atomic E-state index is -0.895. The fraction of sp³-hybridized carbons (Fsp3) is 0.333. The van der Waals surface area contributed by atoms with E-state index >= 15 is 0 Å². The molecular formula is C18H22ClN7O. The van der Waals surface area contributed by atoms with Crippen LogP contribution in [0.5, 0.6) is 0 Å². The van der Waals surface area contributed by atoms with Crippen molar-refractivity contribution in [2.45, 2.75) is 32.4 Å². The summed E-state index contributed by atoms with van der Waals surface area (Å²) in [6, 6.07) is 7.44. The van der Waals surface area contributed by atoms with Gasteiger partial charge in [0.15, 0.2) is 0 Å². The molecule has 0 saturated heterocycles. The predicted octanol–water partition coefficient (Wildman–Crippen LogP) is 3.01. The van der Waals surface area contributed by atoms with Gasteiger partial charge in [0, 0.05) is 17.5 Å². The van der Waals surface area contributed by atoms with Gasteiger partial charge in [0.1, 0.15) is 12.1 Å². The van der Waals surface area contributed by atoms with Gasteiger partial charge in [0.25, 0.3) is 0 Å². The number of fused-ring (bicyclic) bond motifs is 1. The van der Waals surface area contributed by atoms with Crippen LogP contribution >= 0.6 is 11.6 Å². The van der Waals surface area contributed by atoms with Crippen molar-refractivity contribution in [1.82, 2.24) is 19.9 Å². The monoisotopic (exact) mass is 387 g/mol. The summed E-state index contributed by atoms with van der Waals surface area (Å²) in [5, 5.41) is 18.0. The largest absolute Gasteiger partial charge is 0.389 e. The van der Waals surface area contributed by atoms with Crippen molar-refractivity contribution < 1.29 is 5.11 Å². The molecule has 8 nitrogen and oxygen atoms in total. The van der Waals surface area contributed by atoms with Gasteiger partial charge in [-0.15, -0.1) is 0 Å². The van der Waals surface area contributed by atoms with Crippen molar-refractivity contribution >= 4 is 40.2 Å². The third kappa shape index (κ3) is 4.72. The summed E-state index contributed by atoms with van der Waals surface area (Å²) in [4.78, 5) is 16.6. The fourth-order valence-corrected chi connectivity index (χ4v) is 2.82. The number of rotatable bonds is 6. The van der Waals surface area contributed by atoms with Crippen LogP contribution in [0.2, 0.25) is 5.02 Å². The van der Waals surface area contributed by atoms with E-state index < -0.39 is 5.60 Å². The highest BCUT2D eigenvalue weighted by molar-refractivity contribution is 6.35. The number of aromatic nitrogens is 4. The van der Waals surface area contributed by atoms with Crippen LogP contribution in [0.15, 0.2) is 30.6 Å². The van der Waals surface area contributed by atoms with Gasteiger partial charge in [-0.1, -0.05) is 23.7 Å². The zero-order valence-electron chi connectivity index (χ0n) is 15.4. The van der Waals surface area contributed by atoms with Crippen molar-refractivity contribution in [3.8, 4) is 0 Å². The lowest BCUT2D eigenvalue weighted by Crippen LogP contribution is -2.30. The molecule has 0 unspecified atom stereocenters. The quantitative estimate of drug-likeness (QED) is 0.509. The van der Waals surface area contributed by atoms with E-state index in [1.54, 1.807) is 19.9 Å². The number of nitrogen functional groups attached to an aromatic ring is 1. The average Bonchev–Trinajstić information content (AvgIpc) is 2.59. The third-order valence-corrected chi connectivity index (χ3v) is 4.22. The summed E-state index contributed by atoms with van der Waals surface area (Å²) in [6.45, 7) is 5.74. The standard InChI is InChI=1S/C18H22ClN7O/c1-10(24-17-23-9-22-16(20)26-17)12-7-11-5-4-6-13(19)14(11)25-15(12)21-8-18(2,3)27/h4-7,9-10,27H,8H2,1-3H3,(H,21,25)(H3,20,22,23,24,26)/t10-/m0/s1. The number of nitrogens with zero attached hydrogens (tertiary/aromatic N) is 4. The van der Waals surface area contributed by atoms with Gasteiger partial charge in [0.2, 0.25) is 11.9 Å². The zero-order chi connectivity index (χ0) is 19.6. The Balaban J connectivity index is 2.00. The molecule has 0 amide bonds. The maximum atomic E-state index is 10.1. The van der Waals surface area contributed by atoms with E-state index in [4.69, 9.17) is 17.3 Å². The van der Waals surface area contributed by atoms with Crippen molar-refractivity contribution in [2.75, 3.05) is 22.9 Å². The molecule has 9 heteroatoms. The molecule has 2 aromatic heterocycles. The second-order valence-electron chi connectivity index (χ2n) is 6.94. The summed E-state index contributed by atoms with van der Waals surface area (Å²) in [5.74, 6) is 1.14.